The molecule has 2 heterocycles. The van der Waals surface area contributed by atoms with Crippen LogP contribution in [0.1, 0.15) is 29.2 Å². The van der Waals surface area contributed by atoms with Gasteiger partial charge in [-0.2, -0.15) is 0 Å². The van der Waals surface area contributed by atoms with Crippen molar-refractivity contribution in [2.24, 2.45) is 0 Å². The van der Waals surface area contributed by atoms with Gasteiger partial charge in [0.05, 0.1) is 24.5 Å². The number of morpholine rings is 1. The lowest BCUT2D eigenvalue weighted by Gasteiger charge is -2.37. The molecule has 6 nitrogen and oxygen atoms in total. The summed E-state index contributed by atoms with van der Waals surface area (Å²) in [6.45, 7) is 6.29. The third-order valence-electron chi connectivity index (χ3n) is 2.86. The number of carboxylic acid groups (broad SMARTS) is 1. The number of aromatic carboxylic acids is 1. The van der Waals surface area contributed by atoms with Crippen molar-refractivity contribution in [3.8, 4) is 0 Å². The van der Waals surface area contributed by atoms with Gasteiger partial charge in [-0.15, -0.1) is 0 Å². The number of carboxylic acids is 1. The Labute approximate surface area is 116 Å². The lowest BCUT2D eigenvalue weighted by atomic mass is 10.1. The third-order valence-corrected chi connectivity index (χ3v) is 4.00. The number of thiazole rings is 1. The lowest BCUT2D eigenvalue weighted by Crippen LogP contribution is -2.48. The lowest BCUT2D eigenvalue weighted by molar-refractivity contribution is -0.0277. The van der Waals surface area contributed by atoms with E-state index in [9.17, 15) is 9.90 Å². The van der Waals surface area contributed by atoms with Gasteiger partial charge in [0.1, 0.15) is 4.88 Å². The predicted octanol–water partition coefficient (Wildman–Crippen LogP) is 1.60. The number of hydrogen-bond acceptors (Lipinski definition) is 6. The molecule has 0 radical (unpaired) electrons. The van der Waals surface area contributed by atoms with Crippen molar-refractivity contribution in [3.05, 3.63) is 10.6 Å². The fourth-order valence-electron chi connectivity index (χ4n) is 2.06. The maximum absolute atomic E-state index is 11.2. The molecule has 1 aromatic heterocycles. The summed E-state index contributed by atoms with van der Waals surface area (Å²) in [5.74, 6) is -0.955. The van der Waals surface area contributed by atoms with Crippen LogP contribution in [0.2, 0.25) is 0 Å². The summed E-state index contributed by atoms with van der Waals surface area (Å²) in [4.78, 5) is 17.9. The second kappa shape index (κ2) is 5.44. The van der Waals surface area contributed by atoms with Crippen LogP contribution in [0.3, 0.4) is 0 Å². The van der Waals surface area contributed by atoms with E-state index in [1.807, 2.05) is 13.8 Å². The highest BCUT2D eigenvalue weighted by Gasteiger charge is 2.30. The molecule has 0 amide bonds. The fraction of sp³-hybridized carbons (Fsp3) is 0.667. The first-order valence-electron chi connectivity index (χ1n) is 6.04. The van der Waals surface area contributed by atoms with Gasteiger partial charge in [0.25, 0.3) is 0 Å². The molecule has 1 saturated heterocycles. The highest BCUT2D eigenvalue weighted by atomic mass is 32.1. The van der Waals surface area contributed by atoms with Crippen molar-refractivity contribution in [2.45, 2.75) is 26.1 Å². The number of nitrogens with zero attached hydrogens (tertiary/aromatic N) is 2. The quantitative estimate of drug-likeness (QED) is 0.906. The maximum atomic E-state index is 11.2. The summed E-state index contributed by atoms with van der Waals surface area (Å²) in [7, 11) is 1.53. The van der Waals surface area contributed by atoms with Gasteiger partial charge >= 0.3 is 5.97 Å². The molecule has 1 aromatic rings. The van der Waals surface area contributed by atoms with E-state index in [2.05, 4.69) is 9.88 Å². The van der Waals surface area contributed by atoms with E-state index >= 15 is 0 Å². The summed E-state index contributed by atoms with van der Waals surface area (Å²) in [6.07, 6.45) is 0. The molecule has 1 N–H and O–H groups in total. The van der Waals surface area contributed by atoms with Crippen molar-refractivity contribution >= 4 is 22.4 Å². The first kappa shape index (κ1) is 14.2. The summed E-state index contributed by atoms with van der Waals surface area (Å²) < 4.78 is 10.6. The molecule has 0 unspecified atom stereocenters. The molecule has 0 aliphatic carbocycles. The van der Waals surface area contributed by atoms with Crippen LogP contribution in [0.25, 0.3) is 0 Å². The minimum atomic E-state index is -0.955. The SMILES string of the molecule is COCc1nc(N2CCOC(C)(C)C2)sc1C(=O)O. The number of methoxy groups -OCH3 is 1. The van der Waals surface area contributed by atoms with Crippen molar-refractivity contribution < 1.29 is 19.4 Å². The first-order valence-corrected chi connectivity index (χ1v) is 6.85. The zero-order valence-electron chi connectivity index (χ0n) is 11.3. The van der Waals surface area contributed by atoms with Gasteiger partial charge in [-0.05, 0) is 13.8 Å². The molecule has 1 fully saturated rings. The van der Waals surface area contributed by atoms with Crippen LogP contribution >= 0.6 is 11.3 Å². The monoisotopic (exact) mass is 286 g/mol. The Balaban J connectivity index is 2.25. The van der Waals surface area contributed by atoms with Crippen molar-refractivity contribution in [1.82, 2.24) is 4.98 Å². The molecule has 1 aliphatic rings. The molecule has 0 aromatic carbocycles. The number of rotatable bonds is 4. The van der Waals surface area contributed by atoms with Gasteiger partial charge in [-0.25, -0.2) is 9.78 Å². The van der Waals surface area contributed by atoms with E-state index < -0.39 is 5.97 Å². The molecule has 106 valence electrons. The van der Waals surface area contributed by atoms with Gasteiger partial charge in [0.15, 0.2) is 5.13 Å². The number of aromatic nitrogens is 1. The summed E-state index contributed by atoms with van der Waals surface area (Å²) in [5.41, 5.74) is 0.244. The highest BCUT2D eigenvalue weighted by molar-refractivity contribution is 7.17. The van der Waals surface area contributed by atoms with Crippen molar-refractivity contribution in [1.29, 1.82) is 0 Å². The van der Waals surface area contributed by atoms with Crippen LogP contribution in [0.5, 0.6) is 0 Å². The van der Waals surface area contributed by atoms with Gasteiger partial charge in [-0.3, -0.25) is 0 Å². The van der Waals surface area contributed by atoms with Gasteiger partial charge in [-0.1, -0.05) is 11.3 Å². The van der Waals surface area contributed by atoms with Crippen LogP contribution in [0.15, 0.2) is 0 Å². The van der Waals surface area contributed by atoms with Gasteiger partial charge in [0.2, 0.25) is 0 Å². The fourth-order valence-corrected chi connectivity index (χ4v) is 2.99. The van der Waals surface area contributed by atoms with Crippen molar-refractivity contribution in [3.63, 3.8) is 0 Å². The zero-order valence-corrected chi connectivity index (χ0v) is 12.1. The molecule has 2 rings (SSSR count). The molecule has 0 atom stereocenters. The van der Waals surface area contributed by atoms with Gasteiger partial charge in [0, 0.05) is 20.2 Å². The minimum Gasteiger partial charge on any atom is -0.477 e. The molecule has 0 spiro atoms. The summed E-state index contributed by atoms with van der Waals surface area (Å²) in [6, 6.07) is 0. The normalized spacial score (nSPS) is 18.6. The van der Waals surface area contributed by atoms with Gasteiger partial charge < -0.3 is 19.5 Å². The molecule has 0 bridgehead atoms. The Morgan fingerprint density at radius 2 is 2.37 bits per heavy atom. The molecule has 19 heavy (non-hydrogen) atoms. The van der Waals surface area contributed by atoms with Crippen LogP contribution < -0.4 is 4.90 Å². The molecular weight excluding hydrogens is 268 g/mol. The predicted molar refractivity (Wildman–Crippen MR) is 72.0 cm³/mol. The second-order valence-electron chi connectivity index (χ2n) is 5.04. The average molecular weight is 286 g/mol. The third kappa shape index (κ3) is 3.23. The van der Waals surface area contributed by atoms with E-state index in [-0.39, 0.29) is 17.1 Å². The Hall–Kier alpha value is -1.18. The average Bonchev–Trinajstić information content (AvgIpc) is 2.72. The van der Waals surface area contributed by atoms with Crippen molar-refractivity contribution in [2.75, 3.05) is 31.7 Å². The molecule has 0 saturated carbocycles. The minimum absolute atomic E-state index is 0.214. The Kier molecular flexibility index (Phi) is 4.07. The molecular formula is C12H18N2O4S. The van der Waals surface area contributed by atoms with E-state index in [1.54, 1.807) is 0 Å². The van der Waals surface area contributed by atoms with E-state index in [1.165, 1.54) is 18.4 Å². The smallest absolute Gasteiger partial charge is 0.347 e. The van der Waals surface area contributed by atoms with Crippen LogP contribution in [0.4, 0.5) is 5.13 Å². The van der Waals surface area contributed by atoms with E-state index in [0.717, 1.165) is 11.7 Å². The number of anilines is 1. The standard InChI is InChI=1S/C12H18N2O4S/c1-12(2)7-14(4-5-18-12)11-13-8(6-17-3)9(19-11)10(15)16/h4-7H2,1-3H3,(H,15,16). The highest BCUT2D eigenvalue weighted by Crippen LogP contribution is 2.30. The molecule has 1 aliphatic heterocycles. The topological polar surface area (TPSA) is 71.9 Å². The van der Waals surface area contributed by atoms with E-state index in [0.29, 0.717) is 18.8 Å². The Morgan fingerprint density at radius 3 is 2.95 bits per heavy atom. The first-order chi connectivity index (χ1) is 8.93. The second-order valence-corrected chi connectivity index (χ2v) is 6.02. The van der Waals surface area contributed by atoms with E-state index in [4.69, 9.17) is 9.47 Å². The number of carbonyl (C=O) groups is 1. The largest absolute Gasteiger partial charge is 0.477 e. The van der Waals surface area contributed by atoms with Crippen LogP contribution in [-0.4, -0.2) is 48.5 Å². The zero-order chi connectivity index (χ0) is 14.0. The Morgan fingerprint density at radius 1 is 1.63 bits per heavy atom. The maximum Gasteiger partial charge on any atom is 0.347 e. The number of ether oxygens (including phenoxy) is 2. The molecule has 7 heteroatoms. The van der Waals surface area contributed by atoms with Crippen LogP contribution in [-0.2, 0) is 16.1 Å². The summed E-state index contributed by atoms with van der Waals surface area (Å²) in [5, 5.41) is 9.90. The Bertz CT molecular complexity index is 472. The van der Waals surface area contributed by atoms with Crippen LogP contribution in [0, 0.1) is 0 Å². The number of hydrogen-bond donors (Lipinski definition) is 1. The summed E-state index contributed by atoms with van der Waals surface area (Å²) >= 11 is 1.19.